The van der Waals surface area contributed by atoms with Crippen LogP contribution in [0.2, 0.25) is 0 Å². The molecule has 0 bridgehead atoms. The third kappa shape index (κ3) is 5.54. The number of rotatable bonds is 7. The molecular weight excluding hydrogens is 443 g/mol. The maximum atomic E-state index is 14.5. The Hall–Kier alpha value is -3.64. The first-order valence-corrected chi connectivity index (χ1v) is 11.7. The predicted molar refractivity (Wildman–Crippen MR) is 139 cm³/mol. The molecule has 1 aliphatic rings. The van der Waals surface area contributed by atoms with Crippen molar-refractivity contribution >= 4 is 17.5 Å². The summed E-state index contributed by atoms with van der Waals surface area (Å²) in [5.41, 5.74) is 3.94. The Morgan fingerprint density at radius 3 is 2.40 bits per heavy atom. The number of hydrogen-bond donors (Lipinski definition) is 0. The number of methoxy groups -OCH3 is 2. The van der Waals surface area contributed by atoms with Gasteiger partial charge in [0.1, 0.15) is 17.3 Å². The molecule has 0 atom stereocenters. The number of carbonyl (C=O) groups excluding carboxylic acids is 1. The molecule has 0 aliphatic carbocycles. The van der Waals surface area contributed by atoms with Gasteiger partial charge in [-0.25, -0.2) is 4.39 Å². The van der Waals surface area contributed by atoms with Crippen molar-refractivity contribution < 1.29 is 23.1 Å². The van der Waals surface area contributed by atoms with E-state index in [-0.39, 0.29) is 5.56 Å². The molecule has 0 aromatic heterocycles. The largest absolute Gasteiger partial charge is 0.497 e. The Bertz CT molecular complexity index is 1240. The molecule has 1 fully saturated rings. The van der Waals surface area contributed by atoms with Gasteiger partial charge in [-0.1, -0.05) is 24.3 Å². The van der Waals surface area contributed by atoms with Gasteiger partial charge < -0.3 is 18.9 Å². The first-order chi connectivity index (χ1) is 16.8. The maximum absolute atomic E-state index is 14.5. The van der Waals surface area contributed by atoms with Crippen molar-refractivity contribution in [3.8, 4) is 22.6 Å². The standard InChI is InChI=1S/C29H32FN2O3/c1-32(2)17-15-31(16-18-32)27-13-9-21(24-7-5-6-8-29(24)35-4)19-22(27)10-14-28(33)25-12-11-23(34-3)20-26(25)30/h5-14,19-20H,15-18H2,1-4H3/q+1/b14-10+. The molecule has 0 saturated carbocycles. The number of benzene rings is 3. The van der Waals surface area contributed by atoms with Crippen LogP contribution in [0.25, 0.3) is 17.2 Å². The SMILES string of the molecule is COc1ccc(C(=O)/C=C/c2cc(-c3ccccc3OC)ccc2N2CC[N+](C)(C)CC2)c(F)c1. The number of ketones is 1. The molecule has 1 saturated heterocycles. The Morgan fingerprint density at radius 2 is 1.71 bits per heavy atom. The predicted octanol–water partition coefficient (Wildman–Crippen LogP) is 5.30. The summed E-state index contributed by atoms with van der Waals surface area (Å²) in [6, 6.07) is 18.4. The van der Waals surface area contributed by atoms with E-state index >= 15 is 0 Å². The number of para-hydroxylation sites is 1. The normalized spacial score (nSPS) is 15.3. The fourth-order valence-corrected chi connectivity index (χ4v) is 4.35. The lowest BCUT2D eigenvalue weighted by atomic mass is 9.99. The topological polar surface area (TPSA) is 38.8 Å². The average Bonchev–Trinajstić information content (AvgIpc) is 2.87. The van der Waals surface area contributed by atoms with Gasteiger partial charge in [0, 0.05) is 17.3 Å². The van der Waals surface area contributed by atoms with Gasteiger partial charge in [0.2, 0.25) is 0 Å². The van der Waals surface area contributed by atoms with Crippen LogP contribution in [0.4, 0.5) is 10.1 Å². The molecule has 0 radical (unpaired) electrons. The molecule has 1 aliphatic heterocycles. The highest BCUT2D eigenvalue weighted by Gasteiger charge is 2.25. The molecule has 0 unspecified atom stereocenters. The van der Waals surface area contributed by atoms with E-state index in [0.29, 0.717) is 5.75 Å². The lowest BCUT2D eigenvalue weighted by Crippen LogP contribution is -2.55. The van der Waals surface area contributed by atoms with Crippen molar-refractivity contribution in [1.82, 2.24) is 0 Å². The lowest BCUT2D eigenvalue weighted by molar-refractivity contribution is -0.890. The zero-order valence-corrected chi connectivity index (χ0v) is 20.8. The second-order valence-corrected chi connectivity index (χ2v) is 9.39. The molecule has 3 aromatic rings. The lowest BCUT2D eigenvalue weighted by Gasteiger charge is -2.40. The Labute approximate surface area is 206 Å². The van der Waals surface area contributed by atoms with Gasteiger partial charge in [-0.3, -0.25) is 4.79 Å². The van der Waals surface area contributed by atoms with Gasteiger partial charge in [0.25, 0.3) is 0 Å². The first-order valence-electron chi connectivity index (χ1n) is 11.7. The van der Waals surface area contributed by atoms with Gasteiger partial charge in [0.15, 0.2) is 5.78 Å². The summed E-state index contributed by atoms with van der Waals surface area (Å²) in [6.45, 7) is 3.91. The van der Waals surface area contributed by atoms with Gasteiger partial charge in [0.05, 0.1) is 60.1 Å². The number of allylic oxidation sites excluding steroid dienone is 1. The second-order valence-electron chi connectivity index (χ2n) is 9.39. The minimum atomic E-state index is -0.599. The van der Waals surface area contributed by atoms with Crippen molar-refractivity contribution in [2.75, 3.05) is 59.4 Å². The second kappa shape index (κ2) is 10.3. The molecule has 35 heavy (non-hydrogen) atoms. The highest BCUT2D eigenvalue weighted by atomic mass is 19.1. The molecule has 4 rings (SSSR count). The highest BCUT2D eigenvalue weighted by molar-refractivity contribution is 6.07. The van der Waals surface area contributed by atoms with Crippen LogP contribution in [-0.4, -0.2) is 64.8 Å². The van der Waals surface area contributed by atoms with E-state index in [1.807, 2.05) is 24.3 Å². The number of nitrogens with zero attached hydrogens (tertiary/aromatic N) is 2. The summed E-state index contributed by atoms with van der Waals surface area (Å²) in [5.74, 6) is 0.165. The van der Waals surface area contributed by atoms with Gasteiger partial charge in [-0.15, -0.1) is 0 Å². The molecule has 3 aromatic carbocycles. The summed E-state index contributed by atoms with van der Waals surface area (Å²) in [4.78, 5) is 15.2. The molecule has 5 nitrogen and oxygen atoms in total. The maximum Gasteiger partial charge on any atom is 0.188 e. The number of piperazine rings is 1. The molecule has 0 N–H and O–H groups in total. The van der Waals surface area contributed by atoms with E-state index in [0.717, 1.165) is 58.8 Å². The Balaban J connectivity index is 1.71. The number of likely N-dealkylation sites (N-methyl/N-ethyl adjacent to an activating group) is 1. The van der Waals surface area contributed by atoms with E-state index in [1.165, 1.54) is 25.3 Å². The van der Waals surface area contributed by atoms with E-state index in [1.54, 1.807) is 19.3 Å². The summed E-state index contributed by atoms with van der Waals surface area (Å²) >= 11 is 0. The molecule has 6 heteroatoms. The fraction of sp³-hybridized carbons (Fsp3) is 0.276. The van der Waals surface area contributed by atoms with Crippen molar-refractivity contribution in [2.24, 2.45) is 0 Å². The number of carbonyl (C=O) groups is 1. The number of halogens is 1. The van der Waals surface area contributed by atoms with Crippen molar-refractivity contribution in [2.45, 2.75) is 0 Å². The number of ether oxygens (including phenoxy) is 2. The fourth-order valence-electron chi connectivity index (χ4n) is 4.35. The van der Waals surface area contributed by atoms with Crippen LogP contribution in [0.1, 0.15) is 15.9 Å². The van der Waals surface area contributed by atoms with Crippen molar-refractivity contribution in [3.05, 3.63) is 83.7 Å². The third-order valence-electron chi connectivity index (χ3n) is 6.59. The first kappa shape index (κ1) is 24.5. The monoisotopic (exact) mass is 475 g/mol. The van der Waals surface area contributed by atoms with Gasteiger partial charge >= 0.3 is 0 Å². The summed E-state index contributed by atoms with van der Waals surface area (Å²) < 4.78 is 26.1. The van der Waals surface area contributed by atoms with E-state index in [9.17, 15) is 9.18 Å². The van der Waals surface area contributed by atoms with Gasteiger partial charge in [-0.05, 0) is 53.6 Å². The van der Waals surface area contributed by atoms with E-state index in [2.05, 4.69) is 37.2 Å². The smallest absolute Gasteiger partial charge is 0.188 e. The van der Waals surface area contributed by atoms with Crippen molar-refractivity contribution in [1.29, 1.82) is 0 Å². The Kier molecular flexibility index (Phi) is 7.22. The molecule has 0 amide bonds. The zero-order chi connectivity index (χ0) is 25.0. The highest BCUT2D eigenvalue weighted by Crippen LogP contribution is 2.34. The summed E-state index contributed by atoms with van der Waals surface area (Å²) in [6.07, 6.45) is 3.23. The van der Waals surface area contributed by atoms with E-state index < -0.39 is 11.6 Å². The summed E-state index contributed by atoms with van der Waals surface area (Å²) in [7, 11) is 7.60. The van der Waals surface area contributed by atoms with Crippen LogP contribution >= 0.6 is 0 Å². The third-order valence-corrected chi connectivity index (χ3v) is 6.59. The van der Waals surface area contributed by atoms with Crippen LogP contribution < -0.4 is 14.4 Å². The van der Waals surface area contributed by atoms with Crippen molar-refractivity contribution in [3.63, 3.8) is 0 Å². The zero-order valence-electron chi connectivity index (χ0n) is 20.8. The molecular formula is C29H32FN2O3+. The minimum absolute atomic E-state index is 0.0153. The van der Waals surface area contributed by atoms with E-state index in [4.69, 9.17) is 9.47 Å². The number of quaternary nitrogens is 1. The average molecular weight is 476 g/mol. The molecule has 182 valence electrons. The molecule has 0 spiro atoms. The summed E-state index contributed by atoms with van der Waals surface area (Å²) in [5, 5.41) is 0. The quantitative estimate of drug-likeness (QED) is 0.264. The molecule has 1 heterocycles. The van der Waals surface area contributed by atoms with Crippen LogP contribution in [0.3, 0.4) is 0 Å². The van der Waals surface area contributed by atoms with Gasteiger partial charge in [-0.2, -0.15) is 0 Å². The van der Waals surface area contributed by atoms with Crippen LogP contribution in [-0.2, 0) is 0 Å². The number of hydrogen-bond acceptors (Lipinski definition) is 4. The Morgan fingerprint density at radius 1 is 0.971 bits per heavy atom. The van der Waals surface area contributed by atoms with Crippen LogP contribution in [0.5, 0.6) is 11.5 Å². The number of anilines is 1. The van der Waals surface area contributed by atoms with Crippen LogP contribution in [0, 0.1) is 5.82 Å². The van der Waals surface area contributed by atoms with Crippen LogP contribution in [0.15, 0.2) is 66.7 Å². The minimum Gasteiger partial charge on any atom is -0.497 e.